The molecule has 0 saturated heterocycles. The van der Waals surface area contributed by atoms with E-state index >= 15 is 0 Å². The van der Waals surface area contributed by atoms with Gasteiger partial charge >= 0.3 is 0 Å². The molecule has 0 bridgehead atoms. The lowest BCUT2D eigenvalue weighted by molar-refractivity contribution is 0.153. The third kappa shape index (κ3) is 5.33. The Morgan fingerprint density at radius 1 is 1.19 bits per heavy atom. The van der Waals surface area contributed by atoms with Crippen LogP contribution in [0.2, 0.25) is 0 Å². The molecule has 1 rings (SSSR count). The summed E-state index contributed by atoms with van der Waals surface area (Å²) < 4.78 is 50.5. The fraction of sp³-hybridized carbons (Fsp3) is 0.571. The quantitative estimate of drug-likeness (QED) is 0.723. The maximum atomic E-state index is 12.2. The molecule has 0 amide bonds. The highest BCUT2D eigenvalue weighted by molar-refractivity contribution is 7.89. The van der Waals surface area contributed by atoms with Crippen LogP contribution in [-0.4, -0.2) is 27.9 Å². The van der Waals surface area contributed by atoms with Crippen molar-refractivity contribution in [3.63, 3.8) is 0 Å². The molecule has 0 unspecified atom stereocenters. The van der Waals surface area contributed by atoms with E-state index in [0.717, 1.165) is 24.1 Å². The van der Waals surface area contributed by atoms with Gasteiger partial charge in [0.25, 0.3) is 6.43 Å². The second-order valence-corrected chi connectivity index (χ2v) is 6.70. The van der Waals surface area contributed by atoms with Crippen molar-refractivity contribution in [1.82, 2.24) is 10.0 Å². The predicted molar refractivity (Wildman–Crippen MR) is 79.1 cm³/mol. The Labute approximate surface area is 125 Å². The van der Waals surface area contributed by atoms with Gasteiger partial charge in [-0.1, -0.05) is 13.0 Å². The Morgan fingerprint density at radius 2 is 1.86 bits per heavy atom. The lowest BCUT2D eigenvalue weighted by Crippen LogP contribution is -2.29. The van der Waals surface area contributed by atoms with Crippen LogP contribution >= 0.6 is 0 Å². The standard InChI is InChI=1S/C14H22F2N2O2S/c1-4-5-17-8-12-7-13(11(3)6-10(12)2)21(19,20)18-9-14(15)16/h6-7,14,17-18H,4-5,8-9H2,1-3H3. The first-order chi connectivity index (χ1) is 9.77. The molecule has 7 heteroatoms. The van der Waals surface area contributed by atoms with Gasteiger partial charge in [0.2, 0.25) is 10.0 Å². The first kappa shape index (κ1) is 18.0. The normalized spacial score (nSPS) is 12.1. The Bertz CT molecular complexity index is 575. The zero-order chi connectivity index (χ0) is 16.0. The first-order valence-corrected chi connectivity index (χ1v) is 8.35. The number of hydrogen-bond acceptors (Lipinski definition) is 3. The number of rotatable bonds is 8. The molecular weight excluding hydrogens is 298 g/mol. The highest BCUT2D eigenvalue weighted by Crippen LogP contribution is 2.20. The van der Waals surface area contributed by atoms with E-state index in [1.165, 1.54) is 0 Å². The second-order valence-electron chi connectivity index (χ2n) is 4.96. The van der Waals surface area contributed by atoms with Crippen molar-refractivity contribution >= 4 is 10.0 Å². The molecule has 0 radical (unpaired) electrons. The molecule has 4 nitrogen and oxygen atoms in total. The summed E-state index contributed by atoms with van der Waals surface area (Å²) in [5, 5.41) is 3.21. The highest BCUT2D eigenvalue weighted by Gasteiger charge is 2.19. The summed E-state index contributed by atoms with van der Waals surface area (Å²) in [6, 6.07) is 3.32. The minimum absolute atomic E-state index is 0.0575. The Balaban J connectivity index is 3.03. The van der Waals surface area contributed by atoms with Crippen LogP contribution in [0.25, 0.3) is 0 Å². The fourth-order valence-corrected chi connectivity index (χ4v) is 3.29. The molecule has 0 heterocycles. The van der Waals surface area contributed by atoms with Crippen molar-refractivity contribution in [1.29, 1.82) is 0 Å². The largest absolute Gasteiger partial charge is 0.313 e. The van der Waals surface area contributed by atoms with E-state index in [-0.39, 0.29) is 4.90 Å². The Morgan fingerprint density at radius 3 is 2.43 bits per heavy atom. The molecule has 0 spiro atoms. The van der Waals surface area contributed by atoms with Crippen LogP contribution in [-0.2, 0) is 16.6 Å². The average molecular weight is 320 g/mol. The zero-order valence-corrected chi connectivity index (χ0v) is 13.4. The van der Waals surface area contributed by atoms with E-state index in [1.54, 1.807) is 19.1 Å². The molecule has 2 N–H and O–H groups in total. The van der Waals surface area contributed by atoms with E-state index in [0.29, 0.717) is 12.1 Å². The van der Waals surface area contributed by atoms with Gasteiger partial charge in [0.1, 0.15) is 0 Å². The first-order valence-electron chi connectivity index (χ1n) is 6.86. The van der Waals surface area contributed by atoms with Gasteiger partial charge < -0.3 is 5.32 Å². The van der Waals surface area contributed by atoms with Crippen LogP contribution in [0.4, 0.5) is 8.78 Å². The average Bonchev–Trinajstić information content (AvgIpc) is 2.39. The van der Waals surface area contributed by atoms with Gasteiger partial charge in [0, 0.05) is 6.54 Å². The lowest BCUT2D eigenvalue weighted by atomic mass is 10.1. The van der Waals surface area contributed by atoms with Gasteiger partial charge in [-0.05, 0) is 49.6 Å². The number of hydrogen-bond donors (Lipinski definition) is 2. The van der Waals surface area contributed by atoms with Crippen molar-refractivity contribution in [3.8, 4) is 0 Å². The van der Waals surface area contributed by atoms with E-state index in [9.17, 15) is 17.2 Å². The summed E-state index contributed by atoms with van der Waals surface area (Å²) in [5.74, 6) is 0. The lowest BCUT2D eigenvalue weighted by Gasteiger charge is -2.14. The number of alkyl halides is 2. The van der Waals surface area contributed by atoms with Crippen LogP contribution in [0.3, 0.4) is 0 Å². The van der Waals surface area contributed by atoms with Gasteiger partial charge in [0.05, 0.1) is 11.4 Å². The SMILES string of the molecule is CCCNCc1cc(S(=O)(=O)NCC(F)F)c(C)cc1C. The van der Waals surface area contributed by atoms with Crippen molar-refractivity contribution in [2.24, 2.45) is 0 Å². The Kier molecular flexibility index (Phi) is 6.70. The predicted octanol–water partition coefficient (Wildman–Crippen LogP) is 2.35. The summed E-state index contributed by atoms with van der Waals surface area (Å²) in [6.45, 7) is 6.11. The molecule has 120 valence electrons. The van der Waals surface area contributed by atoms with Gasteiger partial charge in [-0.25, -0.2) is 21.9 Å². The molecule has 1 aromatic rings. The summed E-state index contributed by atoms with van der Waals surface area (Å²) in [4.78, 5) is 0.0575. The van der Waals surface area contributed by atoms with E-state index in [2.05, 4.69) is 5.32 Å². The molecule has 1 aromatic carbocycles. The summed E-state index contributed by atoms with van der Waals surface area (Å²) in [5.41, 5.74) is 2.38. The number of benzene rings is 1. The second kappa shape index (κ2) is 7.82. The molecule has 0 saturated carbocycles. The molecule has 0 aromatic heterocycles. The number of halogens is 2. The fourth-order valence-electron chi connectivity index (χ4n) is 2.00. The van der Waals surface area contributed by atoms with Gasteiger partial charge in [0.15, 0.2) is 0 Å². The summed E-state index contributed by atoms with van der Waals surface area (Å²) in [6.07, 6.45) is -1.73. The number of nitrogens with one attached hydrogen (secondary N) is 2. The molecule has 0 aliphatic carbocycles. The van der Waals surface area contributed by atoms with Crippen LogP contribution in [0.5, 0.6) is 0 Å². The highest BCUT2D eigenvalue weighted by atomic mass is 32.2. The maximum absolute atomic E-state index is 12.2. The van der Waals surface area contributed by atoms with E-state index in [1.807, 2.05) is 18.6 Å². The monoisotopic (exact) mass is 320 g/mol. The van der Waals surface area contributed by atoms with E-state index in [4.69, 9.17) is 0 Å². The third-order valence-corrected chi connectivity index (χ3v) is 4.66. The third-order valence-electron chi connectivity index (χ3n) is 3.09. The summed E-state index contributed by atoms with van der Waals surface area (Å²) >= 11 is 0. The minimum Gasteiger partial charge on any atom is -0.313 e. The number of sulfonamides is 1. The van der Waals surface area contributed by atoms with Crippen molar-refractivity contribution in [2.45, 2.75) is 45.1 Å². The van der Waals surface area contributed by atoms with E-state index < -0.39 is 23.0 Å². The molecular formula is C14H22F2N2O2S. The van der Waals surface area contributed by atoms with Crippen LogP contribution < -0.4 is 10.0 Å². The van der Waals surface area contributed by atoms with Gasteiger partial charge in [-0.3, -0.25) is 0 Å². The zero-order valence-electron chi connectivity index (χ0n) is 12.5. The van der Waals surface area contributed by atoms with Crippen LogP contribution in [0, 0.1) is 13.8 Å². The Hall–Kier alpha value is -1.05. The molecule has 0 fully saturated rings. The maximum Gasteiger partial charge on any atom is 0.251 e. The molecule has 0 atom stereocenters. The molecule has 21 heavy (non-hydrogen) atoms. The minimum atomic E-state index is -3.91. The summed E-state index contributed by atoms with van der Waals surface area (Å²) in [7, 11) is -3.91. The van der Waals surface area contributed by atoms with Gasteiger partial charge in [-0.15, -0.1) is 0 Å². The topological polar surface area (TPSA) is 58.2 Å². The molecule has 0 aliphatic rings. The van der Waals surface area contributed by atoms with Gasteiger partial charge in [-0.2, -0.15) is 0 Å². The number of aryl methyl sites for hydroxylation is 2. The molecule has 0 aliphatic heterocycles. The van der Waals surface area contributed by atoms with Crippen molar-refractivity contribution in [2.75, 3.05) is 13.1 Å². The van der Waals surface area contributed by atoms with Crippen molar-refractivity contribution in [3.05, 3.63) is 28.8 Å². The van der Waals surface area contributed by atoms with Crippen LogP contribution in [0.15, 0.2) is 17.0 Å². The van der Waals surface area contributed by atoms with Crippen molar-refractivity contribution < 1.29 is 17.2 Å². The smallest absolute Gasteiger partial charge is 0.251 e. The van der Waals surface area contributed by atoms with Crippen LogP contribution in [0.1, 0.15) is 30.0 Å².